The van der Waals surface area contributed by atoms with E-state index < -0.39 is 23.9 Å². The van der Waals surface area contributed by atoms with E-state index in [1.807, 2.05) is 36.4 Å². The molecule has 0 bridgehead atoms. The number of hydrogen-bond acceptors (Lipinski definition) is 8. The van der Waals surface area contributed by atoms with Crippen LogP contribution < -0.4 is 30.3 Å². The number of ether oxygens (including phenoxy) is 4. The maximum absolute atomic E-state index is 12.6. The largest absolute Gasteiger partial charge is 0.493 e. The molecule has 14 heteroatoms. The summed E-state index contributed by atoms with van der Waals surface area (Å²) in [7, 11) is 1.45. The molecular weight excluding hydrogens is 921 g/mol. The molecule has 0 unspecified atom stereocenters. The maximum atomic E-state index is 12.6. The van der Waals surface area contributed by atoms with Crippen molar-refractivity contribution in [3.63, 3.8) is 0 Å². The standard InChI is InChI=1S/C31H29I3N4O7/c1-4-43-30(40)27-17(2)36-31(41)37-28(27)20-7-10-24(25(13-20)42-3)44-16-26(39)38-35-14-19-11-22(33)29(23(34)12-19)45-15-18-5-8-21(32)9-6-18/h5-14,28H,4,15-16H2,1-3H3,(H,38,39)(H2,36,37,41)/b35-14-/t28-/m1/s1. The molecular formula is C31H29I3N4O7. The first-order valence-corrected chi connectivity index (χ1v) is 16.8. The van der Waals surface area contributed by atoms with E-state index in [1.54, 1.807) is 38.3 Å². The van der Waals surface area contributed by atoms with E-state index >= 15 is 0 Å². The van der Waals surface area contributed by atoms with Gasteiger partial charge >= 0.3 is 12.0 Å². The fourth-order valence-electron chi connectivity index (χ4n) is 4.29. The van der Waals surface area contributed by atoms with Crippen LogP contribution in [0.5, 0.6) is 17.2 Å². The predicted octanol–water partition coefficient (Wildman–Crippen LogP) is 5.81. The van der Waals surface area contributed by atoms with Gasteiger partial charge in [0.1, 0.15) is 12.4 Å². The van der Waals surface area contributed by atoms with Gasteiger partial charge in [0, 0.05) is 9.27 Å². The molecule has 1 aliphatic heterocycles. The zero-order chi connectivity index (χ0) is 32.5. The molecule has 11 nitrogen and oxygen atoms in total. The highest BCUT2D eigenvalue weighted by atomic mass is 127. The van der Waals surface area contributed by atoms with Crippen LogP contribution in [0.4, 0.5) is 4.79 Å². The van der Waals surface area contributed by atoms with Crippen molar-refractivity contribution in [2.24, 2.45) is 5.10 Å². The van der Waals surface area contributed by atoms with Crippen LogP contribution in [0.15, 0.2) is 71.0 Å². The molecule has 3 aromatic rings. The SMILES string of the molecule is CCOC(=O)C1=C(C)NC(=O)N[C@@H]1c1ccc(OCC(=O)N/N=C\c2cc(I)c(OCc3ccc(I)cc3)c(I)c2)c(OC)c1. The highest BCUT2D eigenvalue weighted by Crippen LogP contribution is 2.35. The van der Waals surface area contributed by atoms with E-state index in [0.29, 0.717) is 29.4 Å². The first-order valence-electron chi connectivity index (χ1n) is 13.5. The third kappa shape index (κ3) is 9.44. The van der Waals surface area contributed by atoms with Crippen molar-refractivity contribution in [3.05, 3.63) is 93.3 Å². The second-order valence-electron chi connectivity index (χ2n) is 9.51. The number of halogens is 3. The van der Waals surface area contributed by atoms with Crippen LogP contribution in [0.25, 0.3) is 0 Å². The monoisotopic (exact) mass is 950 g/mol. The molecule has 0 aromatic heterocycles. The molecule has 3 amide bonds. The van der Waals surface area contributed by atoms with E-state index in [0.717, 1.165) is 24.0 Å². The van der Waals surface area contributed by atoms with E-state index in [4.69, 9.17) is 18.9 Å². The first kappa shape index (κ1) is 34.7. The van der Waals surface area contributed by atoms with Gasteiger partial charge in [-0.2, -0.15) is 5.10 Å². The fraction of sp³-hybridized carbons (Fsp3) is 0.226. The molecule has 0 spiro atoms. The Kier molecular flexibility index (Phi) is 12.7. The first-order chi connectivity index (χ1) is 21.6. The van der Waals surface area contributed by atoms with Gasteiger partial charge in [0.25, 0.3) is 5.91 Å². The summed E-state index contributed by atoms with van der Waals surface area (Å²) in [6.45, 7) is 3.65. The average molecular weight is 950 g/mol. The van der Waals surface area contributed by atoms with E-state index in [1.165, 1.54) is 10.7 Å². The highest BCUT2D eigenvalue weighted by molar-refractivity contribution is 14.1. The molecule has 45 heavy (non-hydrogen) atoms. The molecule has 3 N–H and O–H groups in total. The van der Waals surface area contributed by atoms with Gasteiger partial charge < -0.3 is 29.6 Å². The summed E-state index contributed by atoms with van der Waals surface area (Å²) in [4.78, 5) is 37.3. The zero-order valence-corrected chi connectivity index (χ0v) is 30.9. The number of hydrazone groups is 1. The lowest BCUT2D eigenvalue weighted by atomic mass is 9.95. The van der Waals surface area contributed by atoms with Crippen LogP contribution in [-0.4, -0.2) is 44.4 Å². The topological polar surface area (TPSA) is 137 Å². The third-order valence-electron chi connectivity index (χ3n) is 6.36. The van der Waals surface area contributed by atoms with Gasteiger partial charge in [0.2, 0.25) is 0 Å². The molecule has 0 saturated carbocycles. The maximum Gasteiger partial charge on any atom is 0.338 e. The number of benzene rings is 3. The lowest BCUT2D eigenvalue weighted by Crippen LogP contribution is -2.45. The van der Waals surface area contributed by atoms with Gasteiger partial charge in [-0.1, -0.05) is 18.2 Å². The quantitative estimate of drug-likeness (QED) is 0.0904. The average Bonchev–Trinajstić information content (AvgIpc) is 3.00. The normalized spacial score (nSPS) is 14.4. The molecule has 4 rings (SSSR count). The summed E-state index contributed by atoms with van der Waals surface area (Å²) in [6, 6.07) is 15.7. The van der Waals surface area contributed by atoms with Crippen molar-refractivity contribution < 1.29 is 33.3 Å². The predicted molar refractivity (Wildman–Crippen MR) is 193 cm³/mol. The minimum Gasteiger partial charge on any atom is -0.493 e. The summed E-state index contributed by atoms with van der Waals surface area (Å²) >= 11 is 6.70. The molecule has 0 saturated heterocycles. The van der Waals surface area contributed by atoms with Gasteiger partial charge in [-0.25, -0.2) is 15.0 Å². The van der Waals surface area contributed by atoms with Crippen LogP contribution in [0.2, 0.25) is 0 Å². The number of methoxy groups -OCH3 is 1. The Balaban J connectivity index is 1.35. The Bertz CT molecular complexity index is 1620. The Morgan fingerprint density at radius 2 is 1.71 bits per heavy atom. The number of carbonyl (C=O) groups is 3. The third-order valence-corrected chi connectivity index (χ3v) is 8.69. The van der Waals surface area contributed by atoms with Gasteiger partial charge in [0.15, 0.2) is 18.1 Å². The second-order valence-corrected chi connectivity index (χ2v) is 13.1. The Morgan fingerprint density at radius 3 is 2.38 bits per heavy atom. The van der Waals surface area contributed by atoms with Gasteiger partial charge in [-0.05, 0) is 135 Å². The van der Waals surface area contributed by atoms with Crippen molar-refractivity contribution in [2.45, 2.75) is 26.5 Å². The molecule has 236 valence electrons. The van der Waals surface area contributed by atoms with Crippen LogP contribution in [0, 0.1) is 10.7 Å². The molecule has 0 fully saturated rings. The minimum atomic E-state index is -0.766. The van der Waals surface area contributed by atoms with Crippen LogP contribution in [0.1, 0.15) is 36.6 Å². The lowest BCUT2D eigenvalue weighted by Gasteiger charge is -2.28. The Labute approximate surface area is 301 Å². The molecule has 1 aliphatic rings. The molecule has 3 aromatic carbocycles. The molecule has 1 atom stereocenters. The number of urea groups is 1. The number of nitrogens with one attached hydrogen (secondary N) is 3. The summed E-state index contributed by atoms with van der Waals surface area (Å²) in [5, 5.41) is 9.40. The Hall–Kier alpha value is -3.13. The molecule has 1 heterocycles. The number of nitrogens with zero attached hydrogens (tertiary/aromatic N) is 1. The van der Waals surface area contributed by atoms with Crippen molar-refractivity contribution in [1.82, 2.24) is 16.1 Å². The molecule has 0 radical (unpaired) electrons. The number of carbonyl (C=O) groups excluding carboxylic acids is 3. The second kappa shape index (κ2) is 16.4. The van der Waals surface area contributed by atoms with E-state index in [2.05, 4.69) is 88.9 Å². The number of allylic oxidation sites excluding steroid dienone is 1. The highest BCUT2D eigenvalue weighted by Gasteiger charge is 2.32. The lowest BCUT2D eigenvalue weighted by molar-refractivity contribution is -0.139. The summed E-state index contributed by atoms with van der Waals surface area (Å²) in [6.07, 6.45) is 1.55. The fourth-order valence-corrected chi connectivity index (χ4v) is 6.78. The van der Waals surface area contributed by atoms with Crippen LogP contribution in [0.3, 0.4) is 0 Å². The number of hydrogen-bond donors (Lipinski definition) is 3. The van der Waals surface area contributed by atoms with Crippen molar-refractivity contribution in [1.29, 1.82) is 0 Å². The molecule has 0 aliphatic carbocycles. The minimum absolute atomic E-state index is 0.188. The Morgan fingerprint density at radius 1 is 1.00 bits per heavy atom. The number of amides is 3. The summed E-state index contributed by atoms with van der Waals surface area (Å²) < 4.78 is 25.4. The van der Waals surface area contributed by atoms with Gasteiger partial charge in [0.05, 0.1) is 38.7 Å². The summed E-state index contributed by atoms with van der Waals surface area (Å²) in [5.41, 5.74) is 5.58. The zero-order valence-electron chi connectivity index (χ0n) is 24.4. The van der Waals surface area contributed by atoms with Crippen LogP contribution in [-0.2, 0) is 20.9 Å². The van der Waals surface area contributed by atoms with E-state index in [-0.39, 0.29) is 18.8 Å². The van der Waals surface area contributed by atoms with Gasteiger partial charge in [-0.3, -0.25) is 4.79 Å². The van der Waals surface area contributed by atoms with E-state index in [9.17, 15) is 14.4 Å². The van der Waals surface area contributed by atoms with Crippen molar-refractivity contribution in [2.75, 3.05) is 20.3 Å². The van der Waals surface area contributed by atoms with Crippen molar-refractivity contribution in [3.8, 4) is 17.2 Å². The number of rotatable bonds is 12. The smallest absolute Gasteiger partial charge is 0.338 e. The number of esters is 1. The van der Waals surface area contributed by atoms with Crippen molar-refractivity contribution >= 4 is 91.9 Å². The van der Waals surface area contributed by atoms with Gasteiger partial charge in [-0.15, -0.1) is 0 Å². The van der Waals surface area contributed by atoms with Crippen LogP contribution >= 0.6 is 67.8 Å². The summed E-state index contributed by atoms with van der Waals surface area (Å²) in [5.74, 6) is 0.369.